The summed E-state index contributed by atoms with van der Waals surface area (Å²) in [5.74, 6) is 0.697. The molecule has 2 aromatic rings. The predicted octanol–water partition coefficient (Wildman–Crippen LogP) is 3.84. The van der Waals surface area contributed by atoms with Crippen molar-refractivity contribution in [1.82, 2.24) is 5.32 Å². The Morgan fingerprint density at radius 1 is 1.28 bits per heavy atom. The predicted molar refractivity (Wildman–Crippen MR) is 98.5 cm³/mol. The Balaban J connectivity index is 1.70. The van der Waals surface area contributed by atoms with Crippen molar-refractivity contribution >= 4 is 35.0 Å². The van der Waals surface area contributed by atoms with Gasteiger partial charge in [-0.15, -0.1) is 11.8 Å². The minimum absolute atomic E-state index is 0.0944. The van der Waals surface area contributed by atoms with Crippen LogP contribution in [0.5, 0.6) is 5.75 Å². The highest BCUT2D eigenvalue weighted by atomic mass is 35.5. The van der Waals surface area contributed by atoms with Gasteiger partial charge in [0.2, 0.25) is 0 Å². The summed E-state index contributed by atoms with van der Waals surface area (Å²) in [6.45, 7) is 2.34. The van der Waals surface area contributed by atoms with Gasteiger partial charge in [0.1, 0.15) is 5.75 Å². The van der Waals surface area contributed by atoms with E-state index in [0.29, 0.717) is 6.54 Å². The number of carbonyl (C=O) groups excluding carboxylic acids is 1. The molecule has 0 atom stereocenters. The van der Waals surface area contributed by atoms with E-state index in [-0.39, 0.29) is 29.0 Å². The summed E-state index contributed by atoms with van der Waals surface area (Å²) in [6, 6.07) is 12.0. The monoisotopic (exact) mass is 380 g/mol. The highest BCUT2D eigenvalue weighted by Gasteiger charge is 2.11. The lowest BCUT2D eigenvalue weighted by atomic mass is 10.2. The van der Waals surface area contributed by atoms with E-state index in [4.69, 9.17) is 16.3 Å². The lowest BCUT2D eigenvalue weighted by molar-refractivity contribution is -0.384. The van der Waals surface area contributed by atoms with Crippen LogP contribution in [0.3, 0.4) is 0 Å². The molecular weight excluding hydrogens is 364 g/mol. The fourth-order valence-electron chi connectivity index (χ4n) is 1.91. The fourth-order valence-corrected chi connectivity index (χ4v) is 2.91. The number of ether oxygens (including phenoxy) is 1. The summed E-state index contributed by atoms with van der Waals surface area (Å²) in [5.41, 5.74) is 1.08. The molecule has 132 valence electrons. The van der Waals surface area contributed by atoms with Gasteiger partial charge in [-0.1, -0.05) is 29.3 Å². The maximum absolute atomic E-state index is 11.8. The summed E-state index contributed by atoms with van der Waals surface area (Å²) < 4.78 is 5.29. The molecular formula is C17H17ClN2O4S. The molecule has 0 spiro atoms. The van der Waals surface area contributed by atoms with Crippen LogP contribution in [0.25, 0.3) is 0 Å². The van der Waals surface area contributed by atoms with Crippen molar-refractivity contribution < 1.29 is 14.5 Å². The number of rotatable bonds is 8. The second-order valence-corrected chi connectivity index (χ2v) is 6.75. The maximum Gasteiger partial charge on any atom is 0.271 e. The van der Waals surface area contributed by atoms with Gasteiger partial charge in [0, 0.05) is 29.3 Å². The van der Waals surface area contributed by atoms with Gasteiger partial charge in [-0.3, -0.25) is 14.9 Å². The third-order valence-corrected chi connectivity index (χ3v) is 4.51. The Morgan fingerprint density at radius 3 is 2.64 bits per heavy atom. The summed E-state index contributed by atoms with van der Waals surface area (Å²) in [4.78, 5) is 23.0. The van der Waals surface area contributed by atoms with E-state index in [9.17, 15) is 14.9 Å². The number of thioether (sulfide) groups is 1. The average Bonchev–Trinajstić information content (AvgIpc) is 2.59. The standard InChI is InChI=1S/C17H17ClN2O4S/c1-12-2-5-14(6-3-12)25-9-8-19-17(21)11-24-16-7-4-13(20(22)23)10-15(16)18/h2-7,10H,8-9,11H2,1H3,(H,19,21). The van der Waals surface area contributed by atoms with E-state index in [0.717, 1.165) is 10.6 Å². The van der Waals surface area contributed by atoms with Crippen molar-refractivity contribution in [2.75, 3.05) is 18.9 Å². The van der Waals surface area contributed by atoms with Crippen molar-refractivity contribution in [1.29, 1.82) is 0 Å². The average molecular weight is 381 g/mol. The molecule has 0 saturated carbocycles. The van der Waals surface area contributed by atoms with Crippen LogP contribution in [-0.2, 0) is 4.79 Å². The zero-order valence-electron chi connectivity index (χ0n) is 13.5. The smallest absolute Gasteiger partial charge is 0.271 e. The number of hydrogen-bond acceptors (Lipinski definition) is 5. The van der Waals surface area contributed by atoms with Crippen LogP contribution >= 0.6 is 23.4 Å². The van der Waals surface area contributed by atoms with Gasteiger partial charge in [0.25, 0.3) is 11.6 Å². The third kappa shape index (κ3) is 6.28. The summed E-state index contributed by atoms with van der Waals surface area (Å²) >= 11 is 7.55. The van der Waals surface area contributed by atoms with Crippen LogP contribution in [0.2, 0.25) is 5.02 Å². The van der Waals surface area contributed by atoms with Crippen LogP contribution in [0.1, 0.15) is 5.56 Å². The van der Waals surface area contributed by atoms with Crippen molar-refractivity contribution in [3.8, 4) is 5.75 Å². The van der Waals surface area contributed by atoms with Crippen LogP contribution < -0.4 is 10.1 Å². The van der Waals surface area contributed by atoms with E-state index in [1.807, 2.05) is 31.2 Å². The topological polar surface area (TPSA) is 81.5 Å². The Hall–Kier alpha value is -2.25. The van der Waals surface area contributed by atoms with E-state index in [1.54, 1.807) is 11.8 Å². The number of non-ortho nitro benzene ring substituents is 1. The molecule has 0 heterocycles. The van der Waals surface area contributed by atoms with Crippen LogP contribution in [0.15, 0.2) is 47.4 Å². The van der Waals surface area contributed by atoms with Crippen molar-refractivity contribution in [2.24, 2.45) is 0 Å². The Bertz CT molecular complexity index is 753. The summed E-state index contributed by atoms with van der Waals surface area (Å²) in [6.07, 6.45) is 0. The van der Waals surface area contributed by atoms with E-state index >= 15 is 0 Å². The second kappa shape index (κ2) is 9.29. The first-order valence-electron chi connectivity index (χ1n) is 7.48. The first kappa shape index (κ1) is 19.1. The lowest BCUT2D eigenvalue weighted by Gasteiger charge is -2.08. The molecule has 0 radical (unpaired) electrons. The highest BCUT2D eigenvalue weighted by Crippen LogP contribution is 2.28. The molecule has 25 heavy (non-hydrogen) atoms. The zero-order chi connectivity index (χ0) is 18.2. The summed E-state index contributed by atoms with van der Waals surface area (Å²) in [7, 11) is 0. The molecule has 1 N–H and O–H groups in total. The Labute approximate surface area is 154 Å². The summed E-state index contributed by atoms with van der Waals surface area (Å²) in [5, 5.41) is 13.5. The van der Waals surface area contributed by atoms with Crippen molar-refractivity contribution in [3.05, 3.63) is 63.2 Å². The maximum atomic E-state index is 11.8. The van der Waals surface area contributed by atoms with Crippen molar-refractivity contribution in [3.63, 3.8) is 0 Å². The number of benzene rings is 2. The number of nitro benzene ring substituents is 1. The number of amides is 1. The minimum Gasteiger partial charge on any atom is -0.482 e. The Morgan fingerprint density at radius 2 is 2.00 bits per heavy atom. The minimum atomic E-state index is -0.548. The molecule has 0 aliphatic heterocycles. The van der Waals surface area contributed by atoms with Gasteiger partial charge in [0.15, 0.2) is 6.61 Å². The first-order valence-corrected chi connectivity index (χ1v) is 8.85. The molecule has 0 unspecified atom stereocenters. The molecule has 0 bridgehead atoms. The van der Waals surface area contributed by atoms with E-state index in [1.165, 1.54) is 23.8 Å². The van der Waals surface area contributed by atoms with Gasteiger partial charge >= 0.3 is 0 Å². The molecule has 0 aliphatic rings. The van der Waals surface area contributed by atoms with Gasteiger partial charge < -0.3 is 10.1 Å². The lowest BCUT2D eigenvalue weighted by Crippen LogP contribution is -2.30. The Kier molecular flexibility index (Phi) is 7.09. The van der Waals surface area contributed by atoms with Crippen LogP contribution in [-0.4, -0.2) is 29.7 Å². The zero-order valence-corrected chi connectivity index (χ0v) is 15.1. The largest absolute Gasteiger partial charge is 0.482 e. The van der Waals surface area contributed by atoms with Gasteiger partial charge in [-0.2, -0.15) is 0 Å². The molecule has 8 heteroatoms. The molecule has 0 fully saturated rings. The van der Waals surface area contributed by atoms with Crippen LogP contribution in [0.4, 0.5) is 5.69 Å². The number of nitro groups is 1. The number of aryl methyl sites for hydroxylation is 1. The van der Waals surface area contributed by atoms with Gasteiger partial charge in [-0.25, -0.2) is 0 Å². The molecule has 2 rings (SSSR count). The quantitative estimate of drug-likeness (QED) is 0.325. The number of nitrogens with one attached hydrogen (secondary N) is 1. The van der Waals surface area contributed by atoms with E-state index < -0.39 is 4.92 Å². The molecule has 2 aromatic carbocycles. The SMILES string of the molecule is Cc1ccc(SCCNC(=O)COc2ccc([N+](=O)[O-])cc2Cl)cc1. The number of halogens is 1. The normalized spacial score (nSPS) is 10.3. The first-order chi connectivity index (χ1) is 12.0. The number of hydrogen-bond donors (Lipinski definition) is 1. The highest BCUT2D eigenvalue weighted by molar-refractivity contribution is 7.99. The van der Waals surface area contributed by atoms with E-state index in [2.05, 4.69) is 5.32 Å². The third-order valence-electron chi connectivity index (χ3n) is 3.20. The number of carbonyl (C=O) groups is 1. The number of nitrogens with zero attached hydrogens (tertiary/aromatic N) is 1. The van der Waals surface area contributed by atoms with Crippen LogP contribution in [0, 0.1) is 17.0 Å². The van der Waals surface area contributed by atoms with Gasteiger partial charge in [-0.05, 0) is 25.1 Å². The molecule has 0 aliphatic carbocycles. The molecule has 1 amide bonds. The van der Waals surface area contributed by atoms with Crippen molar-refractivity contribution in [2.45, 2.75) is 11.8 Å². The fraction of sp³-hybridized carbons (Fsp3) is 0.235. The molecule has 6 nitrogen and oxygen atoms in total. The second-order valence-electron chi connectivity index (χ2n) is 5.17. The van der Waals surface area contributed by atoms with Gasteiger partial charge in [0.05, 0.1) is 9.95 Å². The molecule has 0 aromatic heterocycles. The molecule has 0 saturated heterocycles.